The van der Waals surface area contributed by atoms with E-state index in [4.69, 9.17) is 0 Å². The van der Waals surface area contributed by atoms with Gasteiger partial charge in [-0.05, 0) is 23.3 Å². The third-order valence-corrected chi connectivity index (χ3v) is 6.15. The number of carbonyl (C=O) groups is 2. The fourth-order valence-electron chi connectivity index (χ4n) is 4.82. The summed E-state index contributed by atoms with van der Waals surface area (Å²) in [4.78, 5) is 28.5. The molecule has 1 heterocycles. The second kappa shape index (κ2) is 7.30. The lowest BCUT2D eigenvalue weighted by Gasteiger charge is -2.32. The summed E-state index contributed by atoms with van der Waals surface area (Å²) in [6, 6.07) is 26.1. The fourth-order valence-corrected chi connectivity index (χ4v) is 4.82. The van der Waals surface area contributed by atoms with Crippen LogP contribution < -0.4 is 4.90 Å². The molecule has 0 bridgehead atoms. The summed E-state index contributed by atoms with van der Waals surface area (Å²) in [6.45, 7) is 0. The molecule has 4 nitrogen and oxygen atoms in total. The lowest BCUT2D eigenvalue weighted by molar-refractivity contribution is -0.122. The predicted molar refractivity (Wildman–Crippen MR) is 115 cm³/mol. The molecule has 3 aromatic rings. The van der Waals surface area contributed by atoms with E-state index in [0.717, 1.165) is 11.1 Å². The maximum atomic E-state index is 13.6. The highest BCUT2D eigenvalue weighted by molar-refractivity contribution is 6.23. The summed E-state index contributed by atoms with van der Waals surface area (Å²) >= 11 is 0. The quantitative estimate of drug-likeness (QED) is 0.519. The lowest BCUT2D eigenvalue weighted by atomic mass is 9.68. The van der Waals surface area contributed by atoms with E-state index in [1.165, 1.54) is 17.0 Å². The average Bonchev–Trinajstić information content (AvgIpc) is 3.05. The zero-order chi connectivity index (χ0) is 20.7. The number of carbonyl (C=O) groups excluding carboxylic acids is 2. The molecule has 2 aliphatic rings. The van der Waals surface area contributed by atoms with Crippen LogP contribution in [0.15, 0.2) is 97.1 Å². The first-order valence-corrected chi connectivity index (χ1v) is 10.1. The normalized spacial score (nSPS) is 25.4. The third kappa shape index (κ3) is 2.92. The number of aromatic hydroxyl groups is 1. The van der Waals surface area contributed by atoms with Gasteiger partial charge in [0.1, 0.15) is 5.75 Å². The van der Waals surface area contributed by atoms with Crippen LogP contribution >= 0.6 is 0 Å². The number of phenolic OH excluding ortho intramolecular Hbond substituents is 1. The third-order valence-electron chi connectivity index (χ3n) is 6.15. The lowest BCUT2D eigenvalue weighted by Crippen LogP contribution is -2.31. The van der Waals surface area contributed by atoms with E-state index < -0.39 is 11.8 Å². The van der Waals surface area contributed by atoms with Gasteiger partial charge in [-0.3, -0.25) is 9.59 Å². The van der Waals surface area contributed by atoms with E-state index in [1.807, 2.05) is 60.7 Å². The first-order chi connectivity index (χ1) is 14.6. The Morgan fingerprint density at radius 1 is 0.633 bits per heavy atom. The molecule has 1 aliphatic heterocycles. The van der Waals surface area contributed by atoms with E-state index in [1.54, 1.807) is 12.1 Å². The number of allylic oxidation sites excluding steroid dienone is 2. The van der Waals surface area contributed by atoms with Gasteiger partial charge in [-0.15, -0.1) is 0 Å². The van der Waals surface area contributed by atoms with Gasteiger partial charge in [-0.1, -0.05) is 78.9 Å². The standard InChI is InChI=1S/C26H21NO3/c28-20-13-7-12-19(16-20)27-25(29)23-21(17-8-3-1-4-9-17)14-15-22(24(23)26(27)30)18-10-5-2-6-11-18/h1-16,21-24,28H/t21-,22+,23-,24+. The Hall–Kier alpha value is -3.66. The van der Waals surface area contributed by atoms with Crippen molar-refractivity contribution in [2.75, 3.05) is 4.90 Å². The highest BCUT2D eigenvalue weighted by atomic mass is 16.3. The highest BCUT2D eigenvalue weighted by Gasteiger charge is 2.55. The highest BCUT2D eigenvalue weighted by Crippen LogP contribution is 2.50. The fraction of sp³-hybridized carbons (Fsp3) is 0.154. The van der Waals surface area contributed by atoms with Gasteiger partial charge in [0, 0.05) is 17.9 Å². The van der Waals surface area contributed by atoms with Gasteiger partial charge in [0.15, 0.2) is 0 Å². The smallest absolute Gasteiger partial charge is 0.238 e. The summed E-state index contributed by atoms with van der Waals surface area (Å²) < 4.78 is 0. The summed E-state index contributed by atoms with van der Waals surface area (Å²) in [7, 11) is 0. The first-order valence-electron chi connectivity index (χ1n) is 10.1. The van der Waals surface area contributed by atoms with Crippen molar-refractivity contribution in [1.82, 2.24) is 0 Å². The molecule has 30 heavy (non-hydrogen) atoms. The van der Waals surface area contributed by atoms with Gasteiger partial charge in [0.25, 0.3) is 0 Å². The van der Waals surface area contributed by atoms with Gasteiger partial charge >= 0.3 is 0 Å². The second-order valence-corrected chi connectivity index (χ2v) is 7.84. The summed E-state index contributed by atoms with van der Waals surface area (Å²) in [5.74, 6) is -1.72. The monoisotopic (exact) mass is 395 g/mol. The van der Waals surface area contributed by atoms with Crippen LogP contribution in [0, 0.1) is 11.8 Å². The molecule has 1 N–H and O–H groups in total. The van der Waals surface area contributed by atoms with E-state index in [-0.39, 0.29) is 29.4 Å². The van der Waals surface area contributed by atoms with Crippen molar-refractivity contribution < 1.29 is 14.7 Å². The number of hydrogen-bond donors (Lipinski definition) is 1. The molecular weight excluding hydrogens is 374 g/mol. The number of amides is 2. The van der Waals surface area contributed by atoms with Gasteiger partial charge in [0.2, 0.25) is 11.8 Å². The van der Waals surface area contributed by atoms with Crippen molar-refractivity contribution in [3.63, 3.8) is 0 Å². The van der Waals surface area contributed by atoms with Crippen molar-refractivity contribution >= 4 is 17.5 Å². The largest absolute Gasteiger partial charge is 0.508 e. The molecule has 0 unspecified atom stereocenters. The SMILES string of the molecule is O=C1[C@@H]2[C@H](C(=O)N1c1cccc(O)c1)[C@@H](c1ccccc1)C=C[C@H]2c1ccccc1. The minimum atomic E-state index is -0.488. The number of hydrogen-bond acceptors (Lipinski definition) is 3. The average molecular weight is 395 g/mol. The molecule has 1 aliphatic carbocycles. The van der Waals surface area contributed by atoms with Gasteiger partial charge in [-0.25, -0.2) is 4.90 Å². The number of rotatable bonds is 3. The predicted octanol–water partition coefficient (Wildman–Crippen LogP) is 4.64. The summed E-state index contributed by atoms with van der Waals surface area (Å²) in [5.41, 5.74) is 2.46. The molecule has 5 rings (SSSR count). The number of anilines is 1. The molecular formula is C26H21NO3. The summed E-state index contributed by atoms with van der Waals surface area (Å²) in [6.07, 6.45) is 4.15. The van der Waals surface area contributed by atoms with Crippen molar-refractivity contribution in [3.05, 3.63) is 108 Å². The zero-order valence-electron chi connectivity index (χ0n) is 16.3. The molecule has 4 atom stereocenters. The first kappa shape index (κ1) is 18.4. The Labute approximate surface area is 175 Å². The maximum Gasteiger partial charge on any atom is 0.238 e. The Morgan fingerprint density at radius 3 is 1.60 bits per heavy atom. The number of phenols is 1. The second-order valence-electron chi connectivity index (χ2n) is 7.84. The number of imide groups is 1. The molecule has 148 valence electrons. The Balaban J connectivity index is 1.64. The van der Waals surface area contributed by atoms with Gasteiger partial charge in [-0.2, -0.15) is 0 Å². The molecule has 3 aromatic carbocycles. The summed E-state index contributed by atoms with van der Waals surface area (Å²) in [5, 5.41) is 9.90. The van der Waals surface area contributed by atoms with Crippen molar-refractivity contribution in [1.29, 1.82) is 0 Å². The molecule has 2 amide bonds. The Kier molecular flexibility index (Phi) is 4.47. The van der Waals surface area contributed by atoms with Crippen LogP contribution in [-0.4, -0.2) is 16.9 Å². The van der Waals surface area contributed by atoms with Crippen LogP contribution in [0.2, 0.25) is 0 Å². The van der Waals surface area contributed by atoms with Crippen LogP contribution in [0.5, 0.6) is 5.75 Å². The molecule has 0 spiro atoms. The minimum absolute atomic E-state index is 0.0281. The van der Waals surface area contributed by atoms with Crippen molar-refractivity contribution in [2.45, 2.75) is 11.8 Å². The molecule has 4 heteroatoms. The number of benzene rings is 3. The van der Waals surface area contributed by atoms with E-state index >= 15 is 0 Å². The topological polar surface area (TPSA) is 57.6 Å². The minimum Gasteiger partial charge on any atom is -0.508 e. The van der Waals surface area contributed by atoms with Gasteiger partial charge < -0.3 is 5.11 Å². The number of fused-ring (bicyclic) bond motifs is 1. The Morgan fingerprint density at radius 2 is 1.13 bits per heavy atom. The molecule has 0 saturated carbocycles. The molecule has 0 aromatic heterocycles. The Bertz CT molecular complexity index is 1060. The molecule has 1 saturated heterocycles. The van der Waals surface area contributed by atoms with Crippen molar-refractivity contribution in [3.8, 4) is 5.75 Å². The number of nitrogens with zero attached hydrogens (tertiary/aromatic N) is 1. The van der Waals surface area contributed by atoms with Crippen LogP contribution in [-0.2, 0) is 9.59 Å². The maximum absolute atomic E-state index is 13.6. The molecule has 0 radical (unpaired) electrons. The molecule has 1 fully saturated rings. The van der Waals surface area contributed by atoms with Gasteiger partial charge in [0.05, 0.1) is 17.5 Å². The van der Waals surface area contributed by atoms with Crippen LogP contribution in [0.25, 0.3) is 0 Å². The van der Waals surface area contributed by atoms with Crippen LogP contribution in [0.3, 0.4) is 0 Å². The van der Waals surface area contributed by atoms with Crippen LogP contribution in [0.4, 0.5) is 5.69 Å². The van der Waals surface area contributed by atoms with E-state index in [9.17, 15) is 14.7 Å². The van der Waals surface area contributed by atoms with Crippen LogP contribution in [0.1, 0.15) is 23.0 Å². The van der Waals surface area contributed by atoms with E-state index in [2.05, 4.69) is 12.2 Å². The van der Waals surface area contributed by atoms with Crippen molar-refractivity contribution in [2.24, 2.45) is 11.8 Å². The van der Waals surface area contributed by atoms with E-state index in [0.29, 0.717) is 5.69 Å². The zero-order valence-corrected chi connectivity index (χ0v) is 16.3.